The minimum atomic E-state index is 0.132. The molecule has 5 nitrogen and oxygen atoms in total. The fourth-order valence-corrected chi connectivity index (χ4v) is 5.74. The van der Waals surface area contributed by atoms with Crippen LogP contribution in [0.5, 0.6) is 0 Å². The highest BCUT2D eigenvalue weighted by Gasteiger charge is 2.56. The van der Waals surface area contributed by atoms with Gasteiger partial charge >= 0.3 is 0 Å². The molecule has 1 aromatic carbocycles. The number of para-hydroxylation sites is 1. The van der Waals surface area contributed by atoms with Gasteiger partial charge in [-0.1, -0.05) is 6.07 Å². The number of carbonyl (C=O) groups is 1. The molecule has 3 fully saturated rings. The third-order valence-corrected chi connectivity index (χ3v) is 7.35. The van der Waals surface area contributed by atoms with Crippen LogP contribution in [0.25, 0.3) is 10.2 Å². The van der Waals surface area contributed by atoms with E-state index in [2.05, 4.69) is 21.8 Å². The summed E-state index contributed by atoms with van der Waals surface area (Å²) in [4.78, 5) is 22.4. The highest BCUT2D eigenvalue weighted by molar-refractivity contribution is 7.16. The second-order valence-electron chi connectivity index (χ2n) is 7.81. The van der Waals surface area contributed by atoms with Gasteiger partial charge in [0.25, 0.3) is 5.91 Å². The smallest absolute Gasteiger partial charge is 0.256 e. The van der Waals surface area contributed by atoms with Crippen molar-refractivity contribution < 1.29 is 9.53 Å². The van der Waals surface area contributed by atoms with Crippen molar-refractivity contribution in [2.75, 3.05) is 39.9 Å². The number of likely N-dealkylation sites (tertiary alicyclic amines) is 2. The fourth-order valence-electron chi connectivity index (χ4n) is 5.04. The lowest BCUT2D eigenvalue weighted by atomic mass is 9.70. The lowest BCUT2D eigenvalue weighted by molar-refractivity contribution is 0.0499. The Kier molecular flexibility index (Phi) is 3.62. The predicted octanol–water partition coefficient (Wildman–Crippen LogP) is 2.48. The SMILES string of the molecule is CN1CCC2(CC1)CN(C(=O)c1cccc3scnc13)[C@@H]1COC[C@@H]12. The van der Waals surface area contributed by atoms with Crippen LogP contribution in [-0.2, 0) is 4.74 Å². The Balaban J connectivity index is 1.49. The average molecular weight is 357 g/mol. The first-order valence-corrected chi connectivity index (χ1v) is 9.95. The summed E-state index contributed by atoms with van der Waals surface area (Å²) in [6.45, 7) is 4.60. The van der Waals surface area contributed by atoms with Crippen LogP contribution in [0.15, 0.2) is 23.7 Å². The van der Waals surface area contributed by atoms with Gasteiger partial charge in [-0.05, 0) is 50.5 Å². The Morgan fingerprint density at radius 1 is 1.32 bits per heavy atom. The Bertz CT molecular complexity index is 812. The molecule has 4 heterocycles. The molecule has 132 valence electrons. The molecular weight excluding hydrogens is 334 g/mol. The third kappa shape index (κ3) is 2.34. The van der Waals surface area contributed by atoms with Crippen LogP contribution >= 0.6 is 11.3 Å². The molecule has 6 heteroatoms. The maximum Gasteiger partial charge on any atom is 0.256 e. The van der Waals surface area contributed by atoms with Gasteiger partial charge in [-0.15, -0.1) is 11.3 Å². The number of carbonyl (C=O) groups excluding carboxylic acids is 1. The highest BCUT2D eigenvalue weighted by Crippen LogP contribution is 2.50. The normalized spacial score (nSPS) is 28.8. The van der Waals surface area contributed by atoms with Gasteiger partial charge in [0, 0.05) is 12.5 Å². The monoisotopic (exact) mass is 357 g/mol. The lowest BCUT2D eigenvalue weighted by Gasteiger charge is -2.40. The zero-order chi connectivity index (χ0) is 17.0. The van der Waals surface area contributed by atoms with Crippen molar-refractivity contribution in [3.63, 3.8) is 0 Å². The standard InChI is InChI=1S/C19H23N3O2S/c1-21-7-5-19(6-8-21)11-22(15-10-24-9-14(15)19)18(23)13-3-2-4-16-17(13)20-12-25-16/h2-4,12,14-15H,5-11H2,1H3/t14-,15+/m0/s1. The number of thiazole rings is 1. The number of hydrogen-bond acceptors (Lipinski definition) is 5. The second kappa shape index (κ2) is 5.76. The first-order valence-electron chi connectivity index (χ1n) is 9.07. The first kappa shape index (κ1) is 15.7. The molecule has 0 N–H and O–H groups in total. The van der Waals surface area contributed by atoms with Gasteiger partial charge in [0.2, 0.25) is 0 Å². The summed E-state index contributed by atoms with van der Waals surface area (Å²) in [5.74, 6) is 0.618. The molecule has 0 saturated carbocycles. The van der Waals surface area contributed by atoms with Gasteiger partial charge in [0.1, 0.15) is 0 Å². The Labute approximate surface area is 151 Å². The van der Waals surface area contributed by atoms with E-state index in [1.165, 1.54) is 12.8 Å². The molecule has 2 aromatic rings. The van der Waals surface area contributed by atoms with E-state index in [9.17, 15) is 4.79 Å². The molecule has 1 spiro atoms. The molecule has 3 aliphatic heterocycles. The van der Waals surface area contributed by atoms with E-state index in [0.29, 0.717) is 12.5 Å². The van der Waals surface area contributed by atoms with Gasteiger partial charge in [-0.3, -0.25) is 4.79 Å². The molecule has 1 aromatic heterocycles. The molecule has 3 aliphatic rings. The number of fused-ring (bicyclic) bond motifs is 3. The number of nitrogens with zero attached hydrogens (tertiary/aromatic N) is 3. The van der Waals surface area contributed by atoms with Crippen LogP contribution in [-0.4, -0.2) is 66.6 Å². The van der Waals surface area contributed by atoms with Crippen molar-refractivity contribution in [2.24, 2.45) is 11.3 Å². The minimum absolute atomic E-state index is 0.132. The Morgan fingerprint density at radius 2 is 2.16 bits per heavy atom. The van der Waals surface area contributed by atoms with Gasteiger partial charge in [-0.25, -0.2) is 4.98 Å². The third-order valence-electron chi connectivity index (χ3n) is 6.56. The maximum absolute atomic E-state index is 13.4. The molecule has 0 unspecified atom stereocenters. The molecular formula is C19H23N3O2S. The van der Waals surface area contributed by atoms with Gasteiger partial charge in [0.15, 0.2) is 0 Å². The molecule has 5 rings (SSSR count). The summed E-state index contributed by atoms with van der Waals surface area (Å²) in [7, 11) is 2.19. The van der Waals surface area contributed by atoms with Crippen LogP contribution in [0.3, 0.4) is 0 Å². The number of rotatable bonds is 1. The van der Waals surface area contributed by atoms with E-state index in [4.69, 9.17) is 4.74 Å². The van der Waals surface area contributed by atoms with Gasteiger partial charge < -0.3 is 14.5 Å². The minimum Gasteiger partial charge on any atom is -0.379 e. The van der Waals surface area contributed by atoms with E-state index >= 15 is 0 Å². The molecule has 1 amide bonds. The number of ether oxygens (including phenoxy) is 1. The van der Waals surface area contributed by atoms with Gasteiger partial charge in [-0.2, -0.15) is 0 Å². The molecule has 3 saturated heterocycles. The number of piperidine rings is 1. The zero-order valence-electron chi connectivity index (χ0n) is 14.5. The number of aromatic nitrogens is 1. The summed E-state index contributed by atoms with van der Waals surface area (Å²) in [6, 6.07) is 6.16. The highest BCUT2D eigenvalue weighted by atomic mass is 32.1. The molecule has 0 bridgehead atoms. The summed E-state index contributed by atoms with van der Waals surface area (Å²) in [6.07, 6.45) is 2.33. The van der Waals surface area contributed by atoms with Crippen LogP contribution in [0.4, 0.5) is 0 Å². The largest absolute Gasteiger partial charge is 0.379 e. The lowest BCUT2D eigenvalue weighted by Crippen LogP contribution is -2.43. The van der Waals surface area contributed by atoms with Crippen molar-refractivity contribution in [3.8, 4) is 0 Å². The van der Waals surface area contributed by atoms with Crippen LogP contribution in [0, 0.1) is 11.3 Å². The fraction of sp³-hybridized carbons (Fsp3) is 0.579. The maximum atomic E-state index is 13.4. The summed E-state index contributed by atoms with van der Waals surface area (Å²) in [5.41, 5.74) is 3.65. The van der Waals surface area contributed by atoms with E-state index in [1.807, 2.05) is 23.7 Å². The van der Waals surface area contributed by atoms with Crippen LogP contribution < -0.4 is 0 Å². The predicted molar refractivity (Wildman–Crippen MR) is 97.9 cm³/mol. The number of benzene rings is 1. The molecule has 0 aliphatic carbocycles. The van der Waals surface area contributed by atoms with Crippen molar-refractivity contribution >= 4 is 27.5 Å². The topological polar surface area (TPSA) is 45.7 Å². The van der Waals surface area contributed by atoms with Crippen molar-refractivity contribution in [3.05, 3.63) is 29.3 Å². The zero-order valence-corrected chi connectivity index (χ0v) is 15.3. The Hall–Kier alpha value is -1.50. The van der Waals surface area contributed by atoms with Crippen LogP contribution in [0.1, 0.15) is 23.2 Å². The van der Waals surface area contributed by atoms with E-state index in [0.717, 1.165) is 42.0 Å². The number of hydrogen-bond donors (Lipinski definition) is 0. The van der Waals surface area contributed by atoms with Gasteiger partial charge in [0.05, 0.1) is 40.5 Å². The van der Waals surface area contributed by atoms with Crippen molar-refractivity contribution in [1.29, 1.82) is 0 Å². The summed E-state index contributed by atoms with van der Waals surface area (Å²) < 4.78 is 6.92. The molecule has 0 radical (unpaired) electrons. The molecule has 25 heavy (non-hydrogen) atoms. The quantitative estimate of drug-likeness (QED) is 0.787. The number of amides is 1. The summed E-state index contributed by atoms with van der Waals surface area (Å²) >= 11 is 1.59. The average Bonchev–Trinajstić information content (AvgIpc) is 3.34. The van der Waals surface area contributed by atoms with Crippen molar-refractivity contribution in [1.82, 2.24) is 14.8 Å². The molecule has 2 atom stereocenters. The first-order chi connectivity index (χ1) is 12.2. The summed E-state index contributed by atoms with van der Waals surface area (Å²) in [5, 5.41) is 0. The van der Waals surface area contributed by atoms with Crippen LogP contribution in [0.2, 0.25) is 0 Å². The second-order valence-corrected chi connectivity index (χ2v) is 8.70. The van der Waals surface area contributed by atoms with E-state index in [1.54, 1.807) is 11.3 Å². The van der Waals surface area contributed by atoms with E-state index in [-0.39, 0.29) is 17.4 Å². The van der Waals surface area contributed by atoms with Crippen molar-refractivity contribution in [2.45, 2.75) is 18.9 Å². The van der Waals surface area contributed by atoms with E-state index < -0.39 is 0 Å². The Morgan fingerprint density at radius 3 is 3.00 bits per heavy atom.